The molecule has 0 radical (unpaired) electrons. The van der Waals surface area contributed by atoms with E-state index in [4.69, 9.17) is 0 Å². The number of amides is 1. The van der Waals surface area contributed by atoms with Gasteiger partial charge in [-0.05, 0) is 65.6 Å². The van der Waals surface area contributed by atoms with Crippen LogP contribution < -0.4 is 5.32 Å². The van der Waals surface area contributed by atoms with Gasteiger partial charge >= 0.3 is 0 Å². The molecular weight excluding hydrogens is 364 g/mol. The minimum atomic E-state index is -0.192. The molecule has 29 heavy (non-hydrogen) atoms. The first-order valence-electron chi connectivity index (χ1n) is 9.68. The molecule has 2 aromatic heterocycles. The summed E-state index contributed by atoms with van der Waals surface area (Å²) in [7, 11) is 0. The van der Waals surface area contributed by atoms with Crippen LogP contribution in [-0.2, 0) is 6.54 Å². The molecule has 0 aliphatic heterocycles. The van der Waals surface area contributed by atoms with Crippen molar-refractivity contribution in [3.05, 3.63) is 65.6 Å². The molecule has 0 atom stereocenters. The Bertz CT molecular complexity index is 1170. The maximum atomic E-state index is 13.2. The zero-order valence-electron chi connectivity index (χ0n) is 17.0. The second-order valence-corrected chi connectivity index (χ2v) is 7.71. The van der Waals surface area contributed by atoms with Gasteiger partial charge in [-0.15, -0.1) is 5.10 Å². The smallest absolute Gasteiger partial charge is 0.257 e. The lowest BCUT2D eigenvalue weighted by molar-refractivity contribution is 0.102. The van der Waals surface area contributed by atoms with Gasteiger partial charge in [0.1, 0.15) is 6.33 Å². The first-order valence-corrected chi connectivity index (χ1v) is 9.68. The third-order valence-corrected chi connectivity index (χ3v) is 5.15. The Morgan fingerprint density at radius 1 is 1.14 bits per heavy atom. The van der Waals surface area contributed by atoms with Crippen molar-refractivity contribution in [2.24, 2.45) is 5.92 Å². The summed E-state index contributed by atoms with van der Waals surface area (Å²) in [5, 5.41) is 15.5. The first kappa shape index (κ1) is 18.9. The van der Waals surface area contributed by atoms with Gasteiger partial charge < -0.3 is 9.88 Å². The molecule has 0 aliphatic carbocycles. The predicted molar refractivity (Wildman–Crippen MR) is 113 cm³/mol. The van der Waals surface area contributed by atoms with E-state index >= 15 is 0 Å². The summed E-state index contributed by atoms with van der Waals surface area (Å²) in [5.41, 5.74) is 5.15. The van der Waals surface area contributed by atoms with Crippen LogP contribution in [0.25, 0.3) is 16.6 Å². The topological polar surface area (TPSA) is 77.6 Å². The highest BCUT2D eigenvalue weighted by Crippen LogP contribution is 2.27. The third kappa shape index (κ3) is 3.51. The average molecular weight is 388 g/mol. The SMILES string of the molecule is Cc1ccc(C(=O)Nc2cccc3c2ccn3CC(C)C)c(-n2cnnn2)c1C. The number of tetrazole rings is 1. The van der Waals surface area contributed by atoms with Crippen molar-refractivity contribution in [1.82, 2.24) is 24.8 Å². The Morgan fingerprint density at radius 2 is 1.97 bits per heavy atom. The number of rotatable bonds is 5. The Hall–Kier alpha value is -3.48. The van der Waals surface area contributed by atoms with Crippen LogP contribution in [-0.4, -0.2) is 30.7 Å². The third-order valence-electron chi connectivity index (χ3n) is 5.15. The van der Waals surface area contributed by atoms with Crippen LogP contribution in [0.15, 0.2) is 48.9 Å². The van der Waals surface area contributed by atoms with E-state index in [9.17, 15) is 4.79 Å². The number of hydrogen-bond acceptors (Lipinski definition) is 4. The highest BCUT2D eigenvalue weighted by atomic mass is 16.1. The number of benzene rings is 2. The molecule has 0 unspecified atom stereocenters. The van der Waals surface area contributed by atoms with E-state index in [0.717, 1.165) is 34.3 Å². The number of aromatic nitrogens is 5. The molecule has 0 saturated carbocycles. The highest BCUT2D eigenvalue weighted by Gasteiger charge is 2.18. The largest absolute Gasteiger partial charge is 0.347 e. The fourth-order valence-electron chi connectivity index (χ4n) is 3.62. The summed E-state index contributed by atoms with van der Waals surface area (Å²) in [6, 6.07) is 11.8. The van der Waals surface area contributed by atoms with Crippen LogP contribution in [0.5, 0.6) is 0 Å². The summed E-state index contributed by atoms with van der Waals surface area (Å²) in [6.07, 6.45) is 3.58. The van der Waals surface area contributed by atoms with Gasteiger partial charge in [0.05, 0.1) is 22.5 Å². The lowest BCUT2D eigenvalue weighted by atomic mass is 10.0. The van der Waals surface area contributed by atoms with Crippen molar-refractivity contribution < 1.29 is 4.79 Å². The van der Waals surface area contributed by atoms with E-state index in [2.05, 4.69) is 57.6 Å². The normalized spacial score (nSPS) is 11.3. The van der Waals surface area contributed by atoms with E-state index in [1.165, 1.54) is 11.0 Å². The molecule has 7 heteroatoms. The van der Waals surface area contributed by atoms with Crippen LogP contribution in [0.3, 0.4) is 0 Å². The summed E-state index contributed by atoms with van der Waals surface area (Å²) in [6.45, 7) is 9.29. The lowest BCUT2D eigenvalue weighted by Crippen LogP contribution is -2.17. The van der Waals surface area contributed by atoms with Gasteiger partial charge in [0.2, 0.25) is 0 Å². The lowest BCUT2D eigenvalue weighted by Gasteiger charge is -2.15. The fourth-order valence-corrected chi connectivity index (χ4v) is 3.62. The second-order valence-electron chi connectivity index (χ2n) is 7.71. The van der Waals surface area contributed by atoms with Crippen LogP contribution >= 0.6 is 0 Å². The Labute approximate surface area is 169 Å². The fraction of sp³-hybridized carbons (Fsp3) is 0.273. The molecule has 0 aliphatic rings. The van der Waals surface area contributed by atoms with Gasteiger partial charge in [0.25, 0.3) is 5.91 Å². The first-order chi connectivity index (χ1) is 14.0. The van der Waals surface area contributed by atoms with Gasteiger partial charge in [0, 0.05) is 18.1 Å². The molecule has 4 rings (SSSR count). The van der Waals surface area contributed by atoms with E-state index in [1.807, 2.05) is 38.1 Å². The highest BCUT2D eigenvalue weighted by molar-refractivity contribution is 6.10. The number of fused-ring (bicyclic) bond motifs is 1. The van der Waals surface area contributed by atoms with Crippen molar-refractivity contribution >= 4 is 22.5 Å². The number of hydrogen-bond donors (Lipinski definition) is 1. The summed E-state index contributed by atoms with van der Waals surface area (Å²) >= 11 is 0. The zero-order chi connectivity index (χ0) is 20.5. The summed E-state index contributed by atoms with van der Waals surface area (Å²) < 4.78 is 3.76. The number of anilines is 1. The number of carbonyl (C=O) groups is 1. The van der Waals surface area contributed by atoms with E-state index < -0.39 is 0 Å². The predicted octanol–water partition coefficient (Wildman–Crippen LogP) is 4.14. The monoisotopic (exact) mass is 388 g/mol. The molecule has 4 aromatic rings. The van der Waals surface area contributed by atoms with Crippen molar-refractivity contribution in [2.45, 2.75) is 34.2 Å². The Balaban J connectivity index is 1.73. The molecule has 1 amide bonds. The molecular formula is C22H24N6O. The minimum Gasteiger partial charge on any atom is -0.347 e. The second kappa shape index (κ2) is 7.50. The number of nitrogens with zero attached hydrogens (tertiary/aromatic N) is 5. The van der Waals surface area contributed by atoms with Crippen molar-refractivity contribution in [1.29, 1.82) is 0 Å². The van der Waals surface area contributed by atoms with Crippen LogP contribution in [0.4, 0.5) is 5.69 Å². The van der Waals surface area contributed by atoms with Gasteiger partial charge in [0.15, 0.2) is 0 Å². The molecule has 2 aromatic carbocycles. The van der Waals surface area contributed by atoms with E-state index in [0.29, 0.717) is 17.2 Å². The number of nitrogens with one attached hydrogen (secondary N) is 1. The number of carbonyl (C=O) groups excluding carboxylic acids is 1. The average Bonchev–Trinajstić information content (AvgIpc) is 3.34. The number of aryl methyl sites for hydroxylation is 1. The maximum Gasteiger partial charge on any atom is 0.257 e. The molecule has 1 N–H and O–H groups in total. The standard InChI is InChI=1S/C22H24N6O/c1-14(2)12-27-11-10-17-19(6-5-7-20(17)27)24-22(29)18-9-8-15(3)16(4)21(18)28-13-23-25-26-28/h5-11,13-14H,12H2,1-4H3,(H,24,29). The minimum absolute atomic E-state index is 0.192. The Kier molecular flexibility index (Phi) is 4.88. The van der Waals surface area contributed by atoms with Gasteiger partial charge in [-0.2, -0.15) is 4.68 Å². The van der Waals surface area contributed by atoms with Crippen LogP contribution in [0.2, 0.25) is 0 Å². The molecule has 7 nitrogen and oxygen atoms in total. The van der Waals surface area contributed by atoms with E-state index in [1.54, 1.807) is 0 Å². The molecule has 0 bridgehead atoms. The molecule has 148 valence electrons. The molecule has 0 saturated heterocycles. The van der Waals surface area contributed by atoms with Crippen LogP contribution in [0, 0.1) is 19.8 Å². The zero-order valence-corrected chi connectivity index (χ0v) is 17.0. The van der Waals surface area contributed by atoms with Gasteiger partial charge in [-0.3, -0.25) is 4.79 Å². The van der Waals surface area contributed by atoms with Crippen molar-refractivity contribution in [2.75, 3.05) is 5.32 Å². The van der Waals surface area contributed by atoms with E-state index in [-0.39, 0.29) is 5.91 Å². The van der Waals surface area contributed by atoms with Crippen molar-refractivity contribution in [3.63, 3.8) is 0 Å². The van der Waals surface area contributed by atoms with Crippen LogP contribution in [0.1, 0.15) is 35.3 Å². The van der Waals surface area contributed by atoms with Crippen molar-refractivity contribution in [3.8, 4) is 5.69 Å². The molecule has 2 heterocycles. The van der Waals surface area contributed by atoms with Gasteiger partial charge in [-0.25, -0.2) is 0 Å². The molecule has 0 fully saturated rings. The van der Waals surface area contributed by atoms with Gasteiger partial charge in [-0.1, -0.05) is 26.0 Å². The summed E-state index contributed by atoms with van der Waals surface area (Å²) in [4.78, 5) is 13.2. The maximum absolute atomic E-state index is 13.2. The molecule has 0 spiro atoms. The summed E-state index contributed by atoms with van der Waals surface area (Å²) in [5.74, 6) is 0.348. The quantitative estimate of drug-likeness (QED) is 0.557. The Morgan fingerprint density at radius 3 is 2.69 bits per heavy atom.